The lowest BCUT2D eigenvalue weighted by atomic mass is 9.90. The van der Waals surface area contributed by atoms with E-state index in [0.717, 1.165) is 17.0 Å². The van der Waals surface area contributed by atoms with Crippen LogP contribution in [0, 0.1) is 17.2 Å². The molecule has 1 aliphatic heterocycles. The highest BCUT2D eigenvalue weighted by Crippen LogP contribution is 2.52. The summed E-state index contributed by atoms with van der Waals surface area (Å²) in [4.78, 5) is 30.7. The van der Waals surface area contributed by atoms with Crippen molar-refractivity contribution in [3.05, 3.63) is 59.4 Å². The van der Waals surface area contributed by atoms with Crippen LogP contribution in [0.15, 0.2) is 42.7 Å². The Morgan fingerprint density at radius 1 is 1.14 bits per heavy atom. The summed E-state index contributed by atoms with van der Waals surface area (Å²) in [6.07, 6.45) is 1.09. The van der Waals surface area contributed by atoms with Crippen molar-refractivity contribution < 1.29 is 36.3 Å². The maximum Gasteiger partial charge on any atom is 0.573 e. The highest BCUT2D eigenvalue weighted by molar-refractivity contribution is 6.01. The molecule has 1 atom stereocenters. The maximum atomic E-state index is 14.2. The highest BCUT2D eigenvalue weighted by atomic mass is 19.4. The van der Waals surface area contributed by atoms with Crippen LogP contribution in [0.25, 0.3) is 12.2 Å². The van der Waals surface area contributed by atoms with Crippen LogP contribution in [-0.4, -0.2) is 45.9 Å². The third kappa shape index (κ3) is 6.13. The molecule has 2 fully saturated rings. The molecule has 2 aliphatic rings. The lowest BCUT2D eigenvalue weighted by Crippen LogP contribution is -2.48. The van der Waals surface area contributed by atoms with Gasteiger partial charge in [0.1, 0.15) is 11.3 Å². The van der Waals surface area contributed by atoms with Gasteiger partial charge in [-0.1, -0.05) is 24.3 Å². The van der Waals surface area contributed by atoms with Crippen molar-refractivity contribution >= 4 is 23.8 Å². The van der Waals surface area contributed by atoms with Gasteiger partial charge in [-0.15, -0.1) is 13.2 Å². The maximum absolute atomic E-state index is 14.2. The Kier molecular flexibility index (Phi) is 7.04. The first kappa shape index (κ1) is 26.3. The van der Waals surface area contributed by atoms with Crippen molar-refractivity contribution in [3.8, 4) is 11.8 Å². The van der Waals surface area contributed by atoms with E-state index in [9.17, 15) is 36.8 Å². The minimum absolute atomic E-state index is 0.247. The lowest BCUT2D eigenvalue weighted by molar-refractivity contribution is -0.274. The zero-order valence-electron chi connectivity index (χ0n) is 19.5. The SMILES string of the molecule is N#C[C@]1(C2CC2)CC(F)(F)CN1C(=O)CCC(=O)c1ccncc1/C=C/c1ccc(OC(F)(F)F)cc1. The zero-order chi connectivity index (χ0) is 26.8. The molecule has 11 heteroatoms. The minimum atomic E-state index is -4.80. The van der Waals surface area contributed by atoms with Crippen LogP contribution in [-0.2, 0) is 4.79 Å². The molecule has 1 aromatic heterocycles. The smallest absolute Gasteiger partial charge is 0.406 e. The second-order valence-electron chi connectivity index (χ2n) is 9.16. The predicted molar refractivity (Wildman–Crippen MR) is 122 cm³/mol. The fourth-order valence-electron chi connectivity index (χ4n) is 4.60. The molecule has 37 heavy (non-hydrogen) atoms. The van der Waals surface area contributed by atoms with Gasteiger partial charge in [0.15, 0.2) is 5.78 Å². The summed E-state index contributed by atoms with van der Waals surface area (Å²) in [6, 6.07) is 8.53. The average Bonchev–Trinajstić information content (AvgIpc) is 3.65. The van der Waals surface area contributed by atoms with Gasteiger partial charge in [-0.05, 0) is 42.5 Å². The predicted octanol–water partition coefficient (Wildman–Crippen LogP) is 5.65. The van der Waals surface area contributed by atoms with Crippen molar-refractivity contribution in [2.24, 2.45) is 5.92 Å². The van der Waals surface area contributed by atoms with Crippen LogP contribution in [0.1, 0.15) is 53.6 Å². The molecule has 0 unspecified atom stereocenters. The van der Waals surface area contributed by atoms with E-state index in [1.54, 1.807) is 12.2 Å². The van der Waals surface area contributed by atoms with E-state index in [0.29, 0.717) is 24.0 Å². The van der Waals surface area contributed by atoms with E-state index in [1.807, 2.05) is 6.07 Å². The van der Waals surface area contributed by atoms with Crippen LogP contribution >= 0.6 is 0 Å². The molecule has 1 amide bonds. The fraction of sp³-hybridized carbons (Fsp3) is 0.385. The normalized spacial score (nSPS) is 21.1. The molecular formula is C26H22F5N3O3. The summed E-state index contributed by atoms with van der Waals surface area (Å²) in [7, 11) is 0. The van der Waals surface area contributed by atoms with E-state index in [4.69, 9.17) is 0 Å². The highest BCUT2D eigenvalue weighted by Gasteiger charge is 2.62. The van der Waals surface area contributed by atoms with E-state index in [1.165, 1.54) is 30.6 Å². The van der Waals surface area contributed by atoms with Gasteiger partial charge in [0, 0.05) is 36.4 Å². The Morgan fingerprint density at radius 2 is 1.84 bits per heavy atom. The van der Waals surface area contributed by atoms with Crippen molar-refractivity contribution in [3.63, 3.8) is 0 Å². The molecule has 2 heterocycles. The Hall–Kier alpha value is -3.81. The van der Waals surface area contributed by atoms with Gasteiger partial charge in [0.2, 0.25) is 5.91 Å². The van der Waals surface area contributed by atoms with Crippen LogP contribution in [0.2, 0.25) is 0 Å². The molecule has 6 nitrogen and oxygen atoms in total. The summed E-state index contributed by atoms with van der Waals surface area (Å²) in [5.74, 6) is -4.88. The lowest BCUT2D eigenvalue weighted by Gasteiger charge is -2.31. The second-order valence-corrected chi connectivity index (χ2v) is 9.16. The number of nitriles is 1. The van der Waals surface area contributed by atoms with Crippen molar-refractivity contribution in [2.45, 2.75) is 49.9 Å². The molecule has 1 aliphatic carbocycles. The molecule has 4 rings (SSSR count). The summed E-state index contributed by atoms with van der Waals surface area (Å²) < 4.78 is 69.1. The van der Waals surface area contributed by atoms with Crippen LogP contribution in [0.4, 0.5) is 22.0 Å². The summed E-state index contributed by atoms with van der Waals surface area (Å²) in [5, 5.41) is 9.67. The number of halogens is 5. The van der Waals surface area contributed by atoms with Crippen molar-refractivity contribution in [2.75, 3.05) is 6.54 Å². The molecule has 2 aromatic rings. The fourth-order valence-corrected chi connectivity index (χ4v) is 4.60. The van der Waals surface area contributed by atoms with E-state index in [2.05, 4.69) is 9.72 Å². The van der Waals surface area contributed by atoms with Gasteiger partial charge >= 0.3 is 6.36 Å². The molecule has 194 valence electrons. The Labute approximate surface area is 209 Å². The van der Waals surface area contributed by atoms with Gasteiger partial charge < -0.3 is 9.64 Å². The van der Waals surface area contributed by atoms with Gasteiger partial charge in [-0.25, -0.2) is 8.78 Å². The third-order valence-electron chi connectivity index (χ3n) is 6.43. The van der Waals surface area contributed by atoms with Crippen LogP contribution in [0.3, 0.4) is 0 Å². The first-order valence-corrected chi connectivity index (χ1v) is 11.5. The molecular weight excluding hydrogens is 497 g/mol. The minimum Gasteiger partial charge on any atom is -0.406 e. The number of aromatic nitrogens is 1. The second kappa shape index (κ2) is 9.92. The number of benzene rings is 1. The number of pyridine rings is 1. The van der Waals surface area contributed by atoms with Crippen LogP contribution < -0.4 is 4.74 Å². The molecule has 0 N–H and O–H groups in total. The van der Waals surface area contributed by atoms with Crippen molar-refractivity contribution in [1.82, 2.24) is 9.88 Å². The largest absolute Gasteiger partial charge is 0.573 e. The topological polar surface area (TPSA) is 83.3 Å². The van der Waals surface area contributed by atoms with Crippen LogP contribution in [0.5, 0.6) is 5.75 Å². The van der Waals surface area contributed by atoms with E-state index >= 15 is 0 Å². The van der Waals surface area contributed by atoms with E-state index < -0.39 is 42.5 Å². The molecule has 1 aromatic carbocycles. The average molecular weight is 519 g/mol. The number of rotatable bonds is 8. The summed E-state index contributed by atoms with van der Waals surface area (Å²) in [5.41, 5.74) is -0.339. The first-order chi connectivity index (χ1) is 17.4. The van der Waals surface area contributed by atoms with Crippen molar-refractivity contribution in [1.29, 1.82) is 5.26 Å². The van der Waals surface area contributed by atoms with Gasteiger partial charge in [0.25, 0.3) is 5.92 Å². The first-order valence-electron chi connectivity index (χ1n) is 11.5. The Morgan fingerprint density at radius 3 is 2.46 bits per heavy atom. The number of hydrogen-bond donors (Lipinski definition) is 0. The molecule has 0 spiro atoms. The summed E-state index contributed by atoms with van der Waals surface area (Å²) in [6.45, 7) is -0.833. The standard InChI is InChI=1S/C26H22F5N3O3/c27-25(28)14-24(15-32,19-5-6-19)34(16-25)23(36)10-9-22(35)21-11-12-33-13-18(21)4-1-17-2-7-20(8-3-17)37-26(29,30)31/h1-4,7-8,11-13,19H,5-6,9-10,14,16H2/b4-1+/t24-/m0/s1. The Bertz CT molecular complexity index is 1250. The quantitative estimate of drug-likeness (QED) is 0.332. The summed E-state index contributed by atoms with van der Waals surface area (Å²) >= 11 is 0. The number of amides is 1. The van der Waals surface area contributed by atoms with Gasteiger partial charge in [-0.3, -0.25) is 14.6 Å². The number of nitrogens with zero attached hydrogens (tertiary/aromatic N) is 3. The molecule has 0 bridgehead atoms. The number of ketones is 1. The number of likely N-dealkylation sites (tertiary alicyclic amines) is 1. The number of alkyl halides is 5. The number of hydrogen-bond acceptors (Lipinski definition) is 5. The zero-order valence-corrected chi connectivity index (χ0v) is 19.5. The monoisotopic (exact) mass is 519 g/mol. The van der Waals surface area contributed by atoms with E-state index in [-0.39, 0.29) is 30.1 Å². The molecule has 1 saturated carbocycles. The van der Waals surface area contributed by atoms with Gasteiger partial charge in [-0.2, -0.15) is 5.26 Å². The Balaban J connectivity index is 1.42. The number of ether oxygens (including phenoxy) is 1. The van der Waals surface area contributed by atoms with Gasteiger partial charge in [0.05, 0.1) is 19.0 Å². The number of carbonyl (C=O) groups is 2. The number of carbonyl (C=O) groups excluding carboxylic acids is 2. The number of Topliss-reactive ketones (excluding diaryl/α,β-unsaturated/α-hetero) is 1. The third-order valence-corrected chi connectivity index (χ3v) is 6.43. The molecule has 1 saturated heterocycles. The molecule has 0 radical (unpaired) electrons.